The molecule has 346 valence electrons. The summed E-state index contributed by atoms with van der Waals surface area (Å²) in [4.78, 5) is 23.4. The molecule has 5 aromatic carbocycles. The first-order valence-electron chi connectivity index (χ1n) is 18.2. The summed E-state index contributed by atoms with van der Waals surface area (Å²) in [6.07, 6.45) is 0. The van der Waals surface area contributed by atoms with Gasteiger partial charge in [-0.15, -0.1) is 25.6 Å². The fraction of sp³-hybridized carbons (Fsp3) is 0.135. The molecule has 0 spiro atoms. The van der Waals surface area contributed by atoms with Crippen LogP contribution in [0.25, 0.3) is 16.5 Å². The van der Waals surface area contributed by atoms with Crippen LogP contribution in [0, 0.1) is 0 Å². The second-order valence-corrected chi connectivity index (χ2v) is 17.3. The van der Waals surface area contributed by atoms with Crippen LogP contribution in [0.2, 0.25) is 0 Å². The SMILES string of the molecule is COc1ccc(N=Nc2cc(OCCO)c(N=Nc3c(S(=O)(=O)O)cc4cc(N=Nc5c(C(N)=O)[nH]n(-c6ccc(S(=O)(=O)O)cc6)c5=O)ccc4c3O)cc2OCCO)c(S(=O)(=O)O)c1. The zero-order valence-corrected chi connectivity index (χ0v) is 35.9. The number of aliphatic hydroxyl groups is 2. The molecule has 26 nitrogen and oxygen atoms in total. The standard InChI is InChI=1S/C37H33N9O17S3/c1-61-22-5-9-25(30(16-22)65(55,56)57)40-41-26-17-29(63-13-11-48)27(18-28(26)62-12-10-47)42-43-32-31(66(58,59)60)15-19-14-20(2-8-24(19)35(32)49)39-44-34-33(36(38)50)45-46(37(34)51)21-3-6-23(7-4-21)64(52,53)54/h2-9,14-18,45,47-49H,10-13H2,1H3,(H2,38,50)(H,52,53,54)(H,55,56,57)(H,58,59,60). The number of primary amides is 1. The summed E-state index contributed by atoms with van der Waals surface area (Å²) in [6, 6.07) is 14.6. The molecule has 0 radical (unpaired) electrons. The Kier molecular flexibility index (Phi) is 14.0. The summed E-state index contributed by atoms with van der Waals surface area (Å²) >= 11 is 0. The van der Waals surface area contributed by atoms with Crippen molar-refractivity contribution in [3.63, 3.8) is 0 Å². The molecule has 0 saturated heterocycles. The average molecular weight is 972 g/mol. The van der Waals surface area contributed by atoms with E-state index in [1.807, 2.05) is 0 Å². The van der Waals surface area contributed by atoms with Crippen molar-refractivity contribution in [1.82, 2.24) is 9.78 Å². The van der Waals surface area contributed by atoms with Crippen LogP contribution in [0.3, 0.4) is 0 Å². The van der Waals surface area contributed by atoms with Gasteiger partial charge in [0.05, 0.1) is 36.6 Å². The third kappa shape index (κ3) is 10.7. The van der Waals surface area contributed by atoms with Gasteiger partial charge in [0, 0.05) is 23.6 Å². The number of carbonyl (C=O) groups is 1. The van der Waals surface area contributed by atoms with Crippen LogP contribution in [0.4, 0.5) is 34.1 Å². The third-order valence-electron chi connectivity index (χ3n) is 8.79. The minimum Gasteiger partial charge on any atom is -0.505 e. The van der Waals surface area contributed by atoms with Crippen molar-refractivity contribution in [2.45, 2.75) is 14.7 Å². The van der Waals surface area contributed by atoms with Gasteiger partial charge in [0.1, 0.15) is 63.0 Å². The summed E-state index contributed by atoms with van der Waals surface area (Å²) in [6.45, 7) is -1.71. The zero-order chi connectivity index (χ0) is 48.1. The van der Waals surface area contributed by atoms with Gasteiger partial charge in [0.2, 0.25) is 0 Å². The number of phenolic OH excluding ortho intramolecular Hbond substituents is 1. The topological polar surface area (TPSA) is 407 Å². The summed E-state index contributed by atoms with van der Waals surface area (Å²) in [7, 11) is -13.3. The number of azo groups is 3. The lowest BCUT2D eigenvalue weighted by Gasteiger charge is -2.13. The van der Waals surface area contributed by atoms with E-state index in [0.29, 0.717) is 0 Å². The van der Waals surface area contributed by atoms with E-state index in [0.717, 1.165) is 53.2 Å². The number of fused-ring (bicyclic) bond motifs is 1. The Balaban J connectivity index is 1.40. The minimum absolute atomic E-state index is 0.0102. The summed E-state index contributed by atoms with van der Waals surface area (Å²) in [5, 5.41) is 56.2. The number of H-pyrrole nitrogens is 1. The minimum atomic E-state index is -5.21. The Hall–Kier alpha value is -7.51. The second-order valence-electron chi connectivity index (χ2n) is 13.1. The molecule has 0 aliphatic rings. The Morgan fingerprint density at radius 3 is 1.80 bits per heavy atom. The van der Waals surface area contributed by atoms with Crippen molar-refractivity contribution < 1.29 is 73.2 Å². The van der Waals surface area contributed by atoms with Crippen molar-refractivity contribution in [3.05, 3.63) is 94.9 Å². The fourth-order valence-corrected chi connectivity index (χ4v) is 7.58. The molecule has 0 unspecified atom stereocenters. The number of amides is 1. The number of methoxy groups -OCH3 is 1. The average Bonchev–Trinajstić information content (AvgIpc) is 3.60. The zero-order valence-electron chi connectivity index (χ0n) is 33.4. The highest BCUT2D eigenvalue weighted by atomic mass is 32.2. The number of carbonyl (C=O) groups excluding carboxylic acids is 1. The lowest BCUT2D eigenvalue weighted by atomic mass is 10.1. The van der Waals surface area contributed by atoms with E-state index in [4.69, 9.17) is 19.9 Å². The van der Waals surface area contributed by atoms with E-state index in [-0.39, 0.29) is 69.7 Å². The van der Waals surface area contributed by atoms with Crippen molar-refractivity contribution in [2.75, 3.05) is 33.5 Å². The molecule has 0 bridgehead atoms. The smallest absolute Gasteiger partial charge is 0.299 e. The predicted molar refractivity (Wildman–Crippen MR) is 227 cm³/mol. The molecular weight excluding hydrogens is 939 g/mol. The first kappa shape index (κ1) is 48.0. The van der Waals surface area contributed by atoms with E-state index < -0.39 is 92.5 Å². The van der Waals surface area contributed by atoms with Crippen LogP contribution in [0.15, 0.2) is 129 Å². The molecule has 9 N–H and O–H groups in total. The molecule has 1 amide bonds. The molecule has 0 atom stereocenters. The predicted octanol–water partition coefficient (Wildman–Crippen LogP) is 4.86. The molecule has 0 saturated carbocycles. The number of aromatic hydroxyl groups is 1. The number of aromatic amines is 1. The maximum absolute atomic E-state index is 13.3. The Bertz CT molecular complexity index is 3370. The van der Waals surface area contributed by atoms with Gasteiger partial charge >= 0.3 is 0 Å². The van der Waals surface area contributed by atoms with Gasteiger partial charge in [-0.05, 0) is 66.0 Å². The number of aliphatic hydroxyl groups excluding tert-OH is 2. The van der Waals surface area contributed by atoms with Gasteiger partial charge in [-0.25, -0.2) is 4.68 Å². The molecule has 29 heteroatoms. The quantitative estimate of drug-likeness (QED) is 0.0421. The van der Waals surface area contributed by atoms with Crippen LogP contribution in [-0.4, -0.2) is 103 Å². The second kappa shape index (κ2) is 19.3. The molecule has 6 rings (SSSR count). The van der Waals surface area contributed by atoms with Gasteiger partial charge in [-0.3, -0.25) is 28.3 Å². The van der Waals surface area contributed by atoms with Crippen LogP contribution >= 0.6 is 0 Å². The van der Waals surface area contributed by atoms with Gasteiger partial charge in [-0.2, -0.15) is 30.4 Å². The molecule has 0 aliphatic heterocycles. The Labute approximate surface area is 371 Å². The molecule has 1 heterocycles. The van der Waals surface area contributed by atoms with E-state index in [1.165, 1.54) is 37.4 Å². The van der Waals surface area contributed by atoms with Crippen LogP contribution in [0.5, 0.6) is 23.0 Å². The summed E-state index contributed by atoms with van der Waals surface area (Å²) < 4.78 is 119. The van der Waals surface area contributed by atoms with E-state index in [9.17, 15) is 63.8 Å². The fourth-order valence-electron chi connectivity index (χ4n) is 5.80. The highest BCUT2D eigenvalue weighted by Gasteiger charge is 2.24. The number of nitrogens with one attached hydrogen (secondary N) is 1. The molecular formula is C37H33N9O17S3. The summed E-state index contributed by atoms with van der Waals surface area (Å²) in [5.41, 5.74) is 1.75. The largest absolute Gasteiger partial charge is 0.505 e. The van der Waals surface area contributed by atoms with E-state index >= 15 is 0 Å². The first-order chi connectivity index (χ1) is 31.1. The summed E-state index contributed by atoms with van der Waals surface area (Å²) in [5.74, 6) is -2.29. The first-order valence-corrected chi connectivity index (χ1v) is 22.5. The lowest BCUT2D eigenvalue weighted by molar-refractivity contribution is 0.0995. The number of aromatic nitrogens is 2. The van der Waals surface area contributed by atoms with E-state index in [1.54, 1.807) is 0 Å². The maximum atomic E-state index is 13.3. The lowest BCUT2D eigenvalue weighted by Crippen LogP contribution is -2.14. The van der Waals surface area contributed by atoms with Crippen molar-refractivity contribution in [3.8, 4) is 28.7 Å². The number of nitrogens with two attached hydrogens (primary N) is 1. The molecule has 66 heavy (non-hydrogen) atoms. The Morgan fingerprint density at radius 1 is 0.682 bits per heavy atom. The number of benzene rings is 5. The van der Waals surface area contributed by atoms with Gasteiger partial charge in [-0.1, -0.05) is 0 Å². The van der Waals surface area contributed by atoms with Crippen molar-refractivity contribution in [1.29, 1.82) is 0 Å². The van der Waals surface area contributed by atoms with Gasteiger partial charge < -0.3 is 35.3 Å². The number of hydrogen-bond acceptors (Lipinski definition) is 20. The number of ether oxygens (including phenoxy) is 3. The molecule has 1 aromatic heterocycles. The molecule has 0 fully saturated rings. The Morgan fingerprint density at radius 2 is 1.26 bits per heavy atom. The van der Waals surface area contributed by atoms with E-state index in [2.05, 4.69) is 35.8 Å². The van der Waals surface area contributed by atoms with Gasteiger partial charge in [0.15, 0.2) is 17.1 Å². The van der Waals surface area contributed by atoms with Gasteiger partial charge in [0.25, 0.3) is 41.8 Å². The maximum Gasteiger partial charge on any atom is 0.299 e. The van der Waals surface area contributed by atoms with Crippen LogP contribution in [0.1, 0.15) is 10.5 Å². The highest BCUT2D eigenvalue weighted by molar-refractivity contribution is 7.86. The van der Waals surface area contributed by atoms with Crippen LogP contribution < -0.4 is 25.5 Å². The number of rotatable bonds is 18. The third-order valence-corrected chi connectivity index (χ3v) is 11.4. The monoisotopic (exact) mass is 971 g/mol. The van der Waals surface area contributed by atoms with Crippen molar-refractivity contribution >= 4 is 81.2 Å². The number of nitrogens with zero attached hydrogens (tertiary/aromatic N) is 7. The number of phenols is 1. The van der Waals surface area contributed by atoms with Crippen molar-refractivity contribution in [2.24, 2.45) is 36.4 Å². The highest BCUT2D eigenvalue weighted by Crippen LogP contribution is 2.45. The van der Waals surface area contributed by atoms with Crippen LogP contribution in [-0.2, 0) is 30.4 Å². The normalized spacial score (nSPS) is 12.5. The molecule has 6 aromatic rings. The number of hydrogen-bond donors (Lipinski definition) is 8. The molecule has 0 aliphatic carbocycles.